The van der Waals surface area contributed by atoms with Crippen LogP contribution in [-0.4, -0.2) is 47.8 Å². The molecule has 7 nitrogen and oxygen atoms in total. The van der Waals surface area contributed by atoms with Crippen LogP contribution in [0.25, 0.3) is 0 Å². The van der Waals surface area contributed by atoms with Gasteiger partial charge in [0.05, 0.1) is 0 Å². The van der Waals surface area contributed by atoms with E-state index in [0.717, 1.165) is 22.3 Å². The Morgan fingerprint density at radius 2 is 0.894 bits per heavy atom. The van der Waals surface area contributed by atoms with Gasteiger partial charge in [-0.1, -0.05) is 109 Å². The number of benzene rings is 5. The standard InChI is InChI=1S/C40H38N2O5/c1-30-17-19-34(20-18-30)39(43)41-21-23-42(24-22-41)40(44)35-25-36(45-27-31-11-5-2-6-12-31)38(47-29-33-15-9-4-10-16-33)37(26-35)46-28-32-13-7-3-8-14-32/h2-20,25-26H,21-24,27-29H2,1H3. The predicted molar refractivity (Wildman–Crippen MR) is 182 cm³/mol. The van der Waals surface area contributed by atoms with Crippen LogP contribution in [0, 0.1) is 6.92 Å². The Labute approximate surface area is 275 Å². The van der Waals surface area contributed by atoms with Crippen LogP contribution in [0.1, 0.15) is 43.0 Å². The number of aryl methyl sites for hydroxylation is 1. The largest absolute Gasteiger partial charge is 0.485 e. The molecule has 1 aliphatic heterocycles. The SMILES string of the molecule is Cc1ccc(C(=O)N2CCN(C(=O)c3cc(OCc4ccccc4)c(OCc4ccccc4)c(OCc4ccccc4)c3)CC2)cc1. The van der Waals surface area contributed by atoms with Crippen molar-refractivity contribution < 1.29 is 23.8 Å². The van der Waals surface area contributed by atoms with E-state index in [2.05, 4.69) is 0 Å². The van der Waals surface area contributed by atoms with Crippen LogP contribution < -0.4 is 14.2 Å². The van der Waals surface area contributed by atoms with Gasteiger partial charge in [0.1, 0.15) is 19.8 Å². The zero-order valence-corrected chi connectivity index (χ0v) is 26.5. The highest BCUT2D eigenvalue weighted by molar-refractivity contribution is 5.97. The molecule has 5 aromatic rings. The molecular formula is C40H38N2O5. The lowest BCUT2D eigenvalue weighted by Crippen LogP contribution is -2.50. The number of nitrogens with zero attached hydrogens (tertiary/aromatic N) is 2. The lowest BCUT2D eigenvalue weighted by molar-refractivity contribution is 0.0535. The van der Waals surface area contributed by atoms with Crippen molar-refractivity contribution in [2.75, 3.05) is 26.2 Å². The van der Waals surface area contributed by atoms with Crippen molar-refractivity contribution in [2.45, 2.75) is 26.7 Å². The van der Waals surface area contributed by atoms with Crippen LogP contribution in [0.15, 0.2) is 127 Å². The second-order valence-corrected chi connectivity index (χ2v) is 11.6. The number of amides is 2. The molecule has 1 fully saturated rings. The first kappa shape index (κ1) is 31.4. The van der Waals surface area contributed by atoms with E-state index in [1.807, 2.05) is 122 Å². The molecule has 0 aliphatic carbocycles. The highest BCUT2D eigenvalue weighted by Gasteiger charge is 2.28. The zero-order chi connectivity index (χ0) is 32.4. The smallest absolute Gasteiger partial charge is 0.254 e. The fourth-order valence-electron chi connectivity index (χ4n) is 5.43. The zero-order valence-electron chi connectivity index (χ0n) is 26.5. The molecule has 6 rings (SSSR count). The van der Waals surface area contributed by atoms with E-state index in [1.54, 1.807) is 21.9 Å². The van der Waals surface area contributed by atoms with E-state index in [4.69, 9.17) is 14.2 Å². The molecule has 1 heterocycles. The first-order valence-electron chi connectivity index (χ1n) is 15.9. The van der Waals surface area contributed by atoms with Gasteiger partial charge in [-0.05, 0) is 47.9 Å². The average molecular weight is 627 g/mol. The van der Waals surface area contributed by atoms with E-state index >= 15 is 0 Å². The van der Waals surface area contributed by atoms with Crippen LogP contribution in [0.5, 0.6) is 17.2 Å². The first-order chi connectivity index (χ1) is 23.0. The number of ether oxygens (including phenoxy) is 3. The Kier molecular flexibility index (Phi) is 10.1. The third kappa shape index (κ3) is 8.19. The van der Waals surface area contributed by atoms with Crippen molar-refractivity contribution in [3.63, 3.8) is 0 Å². The van der Waals surface area contributed by atoms with Crippen molar-refractivity contribution in [1.29, 1.82) is 0 Å². The average Bonchev–Trinajstić information content (AvgIpc) is 3.13. The van der Waals surface area contributed by atoms with Gasteiger partial charge in [-0.15, -0.1) is 0 Å². The maximum Gasteiger partial charge on any atom is 0.254 e. The number of rotatable bonds is 11. The normalized spacial score (nSPS) is 12.8. The fourth-order valence-corrected chi connectivity index (χ4v) is 5.43. The Balaban J connectivity index is 1.26. The van der Waals surface area contributed by atoms with E-state index in [1.165, 1.54) is 0 Å². The summed E-state index contributed by atoms with van der Waals surface area (Å²) in [7, 11) is 0. The van der Waals surface area contributed by atoms with Gasteiger partial charge in [-0.25, -0.2) is 0 Å². The molecule has 0 atom stereocenters. The Morgan fingerprint density at radius 1 is 0.511 bits per heavy atom. The molecule has 0 unspecified atom stereocenters. The van der Waals surface area contributed by atoms with E-state index in [0.29, 0.717) is 61.2 Å². The Morgan fingerprint density at radius 3 is 1.32 bits per heavy atom. The van der Waals surface area contributed by atoms with Gasteiger partial charge in [0.15, 0.2) is 11.5 Å². The minimum Gasteiger partial charge on any atom is -0.485 e. The van der Waals surface area contributed by atoms with Gasteiger partial charge in [0.25, 0.3) is 11.8 Å². The van der Waals surface area contributed by atoms with Gasteiger partial charge in [0.2, 0.25) is 5.75 Å². The van der Waals surface area contributed by atoms with Gasteiger partial charge in [0, 0.05) is 37.3 Å². The molecule has 0 spiro atoms. The molecule has 1 aliphatic rings. The third-order valence-electron chi connectivity index (χ3n) is 8.12. The minimum atomic E-state index is -0.156. The van der Waals surface area contributed by atoms with E-state index in [9.17, 15) is 9.59 Å². The Hall–Kier alpha value is -5.56. The van der Waals surface area contributed by atoms with Gasteiger partial charge >= 0.3 is 0 Å². The summed E-state index contributed by atoms with van der Waals surface area (Å²) in [4.78, 5) is 30.7. The number of carbonyl (C=O) groups excluding carboxylic acids is 2. The second kappa shape index (κ2) is 15.1. The summed E-state index contributed by atoms with van der Waals surface area (Å²) in [5.41, 5.74) is 5.16. The lowest BCUT2D eigenvalue weighted by Gasteiger charge is -2.35. The number of hydrogen-bond acceptors (Lipinski definition) is 5. The molecule has 0 N–H and O–H groups in total. The van der Waals surface area contributed by atoms with Crippen LogP contribution >= 0.6 is 0 Å². The summed E-state index contributed by atoms with van der Waals surface area (Å²) < 4.78 is 19.1. The monoisotopic (exact) mass is 626 g/mol. The second-order valence-electron chi connectivity index (χ2n) is 11.6. The molecule has 0 aromatic heterocycles. The molecule has 0 saturated carbocycles. The maximum atomic E-state index is 14.0. The van der Waals surface area contributed by atoms with Crippen molar-refractivity contribution >= 4 is 11.8 Å². The third-order valence-corrected chi connectivity index (χ3v) is 8.12. The minimum absolute atomic E-state index is 0.0230. The lowest BCUT2D eigenvalue weighted by atomic mass is 10.1. The molecule has 0 bridgehead atoms. The van der Waals surface area contributed by atoms with Gasteiger partial charge < -0.3 is 24.0 Å². The highest BCUT2D eigenvalue weighted by Crippen LogP contribution is 2.41. The number of piperazine rings is 1. The van der Waals surface area contributed by atoms with Crippen molar-refractivity contribution in [3.8, 4) is 17.2 Å². The van der Waals surface area contributed by atoms with Gasteiger partial charge in [-0.2, -0.15) is 0 Å². The summed E-state index contributed by atoms with van der Waals surface area (Å²) in [6.07, 6.45) is 0. The molecule has 2 amide bonds. The van der Waals surface area contributed by atoms with E-state index in [-0.39, 0.29) is 25.0 Å². The number of carbonyl (C=O) groups is 2. The van der Waals surface area contributed by atoms with Crippen molar-refractivity contribution in [2.24, 2.45) is 0 Å². The summed E-state index contributed by atoms with van der Waals surface area (Å²) >= 11 is 0. The van der Waals surface area contributed by atoms with Gasteiger partial charge in [-0.3, -0.25) is 9.59 Å². The summed E-state index contributed by atoms with van der Waals surface area (Å²) in [5, 5.41) is 0. The predicted octanol–water partition coefficient (Wildman–Crippen LogP) is 7.33. The molecule has 238 valence electrons. The van der Waals surface area contributed by atoms with Crippen LogP contribution in [0.3, 0.4) is 0 Å². The quantitative estimate of drug-likeness (QED) is 0.154. The topological polar surface area (TPSA) is 68.3 Å². The van der Waals surface area contributed by atoms with Crippen molar-refractivity contribution in [1.82, 2.24) is 9.80 Å². The summed E-state index contributed by atoms with van der Waals surface area (Å²) in [6.45, 7) is 4.62. The highest BCUT2D eigenvalue weighted by atomic mass is 16.5. The fraction of sp³-hybridized carbons (Fsp3) is 0.200. The van der Waals surface area contributed by atoms with Crippen molar-refractivity contribution in [3.05, 3.63) is 161 Å². The molecular weight excluding hydrogens is 588 g/mol. The first-order valence-corrected chi connectivity index (χ1v) is 15.9. The van der Waals surface area contributed by atoms with E-state index < -0.39 is 0 Å². The molecule has 5 aromatic carbocycles. The molecule has 0 radical (unpaired) electrons. The van der Waals surface area contributed by atoms with Crippen LogP contribution in [0.4, 0.5) is 0 Å². The molecule has 47 heavy (non-hydrogen) atoms. The summed E-state index contributed by atoms with van der Waals surface area (Å²) in [6, 6.07) is 40.7. The summed E-state index contributed by atoms with van der Waals surface area (Å²) in [5.74, 6) is 1.10. The number of hydrogen-bond donors (Lipinski definition) is 0. The Bertz CT molecular complexity index is 1700. The van der Waals surface area contributed by atoms with Crippen LogP contribution in [0.2, 0.25) is 0 Å². The molecule has 7 heteroatoms. The maximum absolute atomic E-state index is 14.0. The molecule has 1 saturated heterocycles. The van der Waals surface area contributed by atoms with Crippen LogP contribution in [-0.2, 0) is 19.8 Å².